The molecule has 0 amide bonds. The van der Waals surface area contributed by atoms with E-state index in [0.29, 0.717) is 6.04 Å². The van der Waals surface area contributed by atoms with Crippen LogP contribution in [0.3, 0.4) is 0 Å². The first kappa shape index (κ1) is 12.6. The fraction of sp³-hybridized carbons (Fsp3) is 0.667. The molecule has 5 N–H and O–H groups in total. The van der Waals surface area contributed by atoms with Gasteiger partial charge in [-0.3, -0.25) is 0 Å². The van der Waals surface area contributed by atoms with Crippen LogP contribution in [0.4, 0.5) is 0 Å². The Balaban J connectivity index is 1.80. The normalized spacial score (nSPS) is 27.4. The molecular weight excluding hydrogens is 236 g/mol. The Labute approximate surface area is 108 Å². The van der Waals surface area contributed by atoms with Gasteiger partial charge in [0.25, 0.3) is 0 Å². The molecular formula is C12H21ClN4. The van der Waals surface area contributed by atoms with Crippen molar-refractivity contribution in [1.82, 2.24) is 10.2 Å². The predicted molar refractivity (Wildman–Crippen MR) is 71.1 cm³/mol. The summed E-state index contributed by atoms with van der Waals surface area (Å²) in [6.45, 7) is 1.98. The molecule has 4 nitrogen and oxygen atoms in total. The number of nitrogens with one attached hydrogen (secondary N) is 1. The second-order valence-electron chi connectivity index (χ2n) is 4.87. The van der Waals surface area contributed by atoms with Crippen LogP contribution in [0.25, 0.3) is 0 Å². The molecule has 17 heavy (non-hydrogen) atoms. The fourth-order valence-corrected chi connectivity index (χ4v) is 2.37. The van der Waals surface area contributed by atoms with Gasteiger partial charge in [-0.1, -0.05) is 18.0 Å². The molecule has 1 saturated heterocycles. The average Bonchev–Trinajstić information content (AvgIpc) is 2.68. The van der Waals surface area contributed by atoms with Crippen molar-refractivity contribution in [2.45, 2.75) is 37.8 Å². The molecule has 0 aromatic carbocycles. The van der Waals surface area contributed by atoms with E-state index in [9.17, 15) is 0 Å². The Morgan fingerprint density at radius 1 is 1.18 bits per heavy atom. The molecule has 1 heterocycles. The minimum Gasteiger partial charge on any atom is -0.389 e. The third-order valence-corrected chi connectivity index (χ3v) is 3.67. The van der Waals surface area contributed by atoms with Crippen LogP contribution < -0.4 is 16.8 Å². The van der Waals surface area contributed by atoms with Crippen LogP contribution in [0.5, 0.6) is 0 Å². The van der Waals surface area contributed by atoms with E-state index in [0.717, 1.165) is 31.4 Å². The van der Waals surface area contributed by atoms with Gasteiger partial charge in [0, 0.05) is 25.2 Å². The van der Waals surface area contributed by atoms with Crippen LogP contribution in [0.15, 0.2) is 23.1 Å². The number of rotatable bonds is 4. The highest BCUT2D eigenvalue weighted by Crippen LogP contribution is 2.21. The Hall–Kier alpha value is -0.870. The smallest absolute Gasteiger partial charge is 0.0993 e. The summed E-state index contributed by atoms with van der Waals surface area (Å²) in [4.78, 5) is 2.17. The minimum atomic E-state index is 0.260. The number of likely N-dealkylation sites (tertiary alicyclic amines) is 1. The molecule has 96 valence electrons. The Morgan fingerprint density at radius 2 is 1.94 bits per heavy atom. The Bertz CT molecular complexity index is 318. The fourth-order valence-electron chi connectivity index (χ4n) is 2.31. The van der Waals surface area contributed by atoms with Gasteiger partial charge in [0.1, 0.15) is 0 Å². The molecule has 0 aromatic heterocycles. The maximum absolute atomic E-state index is 5.97. The molecule has 2 rings (SSSR count). The highest BCUT2D eigenvalue weighted by molar-refractivity contribution is 6.29. The van der Waals surface area contributed by atoms with E-state index in [-0.39, 0.29) is 5.16 Å². The van der Waals surface area contributed by atoms with Crippen molar-refractivity contribution in [2.24, 2.45) is 11.5 Å². The number of halogens is 1. The van der Waals surface area contributed by atoms with Gasteiger partial charge in [-0.25, -0.2) is 0 Å². The molecule has 1 atom stereocenters. The molecule has 1 saturated carbocycles. The van der Waals surface area contributed by atoms with E-state index in [1.807, 2.05) is 0 Å². The SMILES string of the molecule is N/C(Cl)=C\C=C(/N)N1CCC(NC2CCC2)C1. The van der Waals surface area contributed by atoms with Gasteiger partial charge in [0.15, 0.2) is 0 Å². The van der Waals surface area contributed by atoms with Gasteiger partial charge in [0.05, 0.1) is 11.0 Å². The van der Waals surface area contributed by atoms with E-state index in [4.69, 9.17) is 23.1 Å². The van der Waals surface area contributed by atoms with Crippen LogP contribution in [0.2, 0.25) is 0 Å². The van der Waals surface area contributed by atoms with Crippen molar-refractivity contribution in [3.8, 4) is 0 Å². The lowest BCUT2D eigenvalue weighted by Gasteiger charge is -2.30. The summed E-state index contributed by atoms with van der Waals surface area (Å²) in [5.41, 5.74) is 11.3. The lowest BCUT2D eigenvalue weighted by Crippen LogP contribution is -2.43. The summed E-state index contributed by atoms with van der Waals surface area (Å²) in [6.07, 6.45) is 8.58. The topological polar surface area (TPSA) is 67.3 Å². The summed E-state index contributed by atoms with van der Waals surface area (Å²) in [5, 5.41) is 3.93. The third kappa shape index (κ3) is 3.54. The maximum Gasteiger partial charge on any atom is 0.0993 e. The first-order chi connectivity index (χ1) is 8.15. The van der Waals surface area contributed by atoms with Crippen LogP contribution in [-0.2, 0) is 0 Å². The van der Waals surface area contributed by atoms with E-state index in [2.05, 4.69) is 10.2 Å². The maximum atomic E-state index is 5.97. The van der Waals surface area contributed by atoms with Crippen molar-refractivity contribution in [2.75, 3.05) is 13.1 Å². The molecule has 5 heteroatoms. The number of nitrogens with two attached hydrogens (primary N) is 2. The first-order valence-electron chi connectivity index (χ1n) is 6.24. The van der Waals surface area contributed by atoms with Crippen molar-refractivity contribution in [3.05, 3.63) is 23.1 Å². The standard InChI is InChI=1S/C12H21ClN4/c13-11(14)4-5-12(15)17-7-6-10(8-17)16-9-2-1-3-9/h4-5,9-10,16H,1-3,6-8,14-15H2/b11-4-,12-5+. The molecule has 0 bridgehead atoms. The number of hydrogen-bond acceptors (Lipinski definition) is 4. The molecule has 0 aromatic rings. The molecule has 0 spiro atoms. The number of allylic oxidation sites excluding steroid dienone is 2. The van der Waals surface area contributed by atoms with E-state index in [1.54, 1.807) is 12.2 Å². The second-order valence-corrected chi connectivity index (χ2v) is 5.31. The van der Waals surface area contributed by atoms with Crippen molar-refractivity contribution >= 4 is 11.6 Å². The van der Waals surface area contributed by atoms with E-state index < -0.39 is 0 Å². The minimum absolute atomic E-state index is 0.260. The van der Waals surface area contributed by atoms with Crippen LogP contribution in [-0.4, -0.2) is 30.1 Å². The van der Waals surface area contributed by atoms with Crippen molar-refractivity contribution < 1.29 is 0 Å². The summed E-state index contributed by atoms with van der Waals surface area (Å²) >= 11 is 5.56. The number of hydrogen-bond donors (Lipinski definition) is 3. The Morgan fingerprint density at radius 3 is 2.53 bits per heavy atom. The number of nitrogens with zero attached hydrogens (tertiary/aromatic N) is 1. The van der Waals surface area contributed by atoms with E-state index in [1.165, 1.54) is 19.3 Å². The van der Waals surface area contributed by atoms with Crippen LogP contribution in [0.1, 0.15) is 25.7 Å². The highest BCUT2D eigenvalue weighted by Gasteiger charge is 2.27. The molecule has 1 aliphatic heterocycles. The summed E-state index contributed by atoms with van der Waals surface area (Å²) in [6, 6.07) is 1.31. The lowest BCUT2D eigenvalue weighted by atomic mass is 9.92. The molecule has 2 fully saturated rings. The summed E-state index contributed by atoms with van der Waals surface area (Å²) in [5.74, 6) is 0.742. The zero-order valence-corrected chi connectivity index (χ0v) is 10.8. The van der Waals surface area contributed by atoms with Crippen LogP contribution in [0, 0.1) is 0 Å². The van der Waals surface area contributed by atoms with Gasteiger partial charge < -0.3 is 21.7 Å². The quantitative estimate of drug-likeness (QED) is 0.520. The van der Waals surface area contributed by atoms with Gasteiger partial charge in [-0.05, 0) is 31.4 Å². The monoisotopic (exact) mass is 256 g/mol. The van der Waals surface area contributed by atoms with Gasteiger partial charge in [0.2, 0.25) is 0 Å². The van der Waals surface area contributed by atoms with Crippen molar-refractivity contribution in [3.63, 3.8) is 0 Å². The third-order valence-electron chi connectivity index (χ3n) is 3.54. The van der Waals surface area contributed by atoms with Gasteiger partial charge in [-0.15, -0.1) is 0 Å². The average molecular weight is 257 g/mol. The summed E-state index contributed by atoms with van der Waals surface area (Å²) < 4.78 is 0. The molecule has 0 radical (unpaired) electrons. The molecule has 1 unspecified atom stereocenters. The Kier molecular flexibility index (Phi) is 4.18. The predicted octanol–water partition coefficient (Wildman–Crippen LogP) is 1.04. The van der Waals surface area contributed by atoms with E-state index >= 15 is 0 Å². The molecule has 2 aliphatic rings. The van der Waals surface area contributed by atoms with Gasteiger partial charge >= 0.3 is 0 Å². The zero-order valence-electron chi connectivity index (χ0n) is 10.0. The molecule has 1 aliphatic carbocycles. The largest absolute Gasteiger partial charge is 0.389 e. The van der Waals surface area contributed by atoms with Gasteiger partial charge in [-0.2, -0.15) is 0 Å². The van der Waals surface area contributed by atoms with Crippen LogP contribution >= 0.6 is 11.6 Å². The summed E-state index contributed by atoms with van der Waals surface area (Å²) in [7, 11) is 0. The van der Waals surface area contributed by atoms with Crippen molar-refractivity contribution in [1.29, 1.82) is 0 Å². The zero-order chi connectivity index (χ0) is 12.3. The second kappa shape index (κ2) is 5.65. The lowest BCUT2D eigenvalue weighted by molar-refractivity contribution is 0.300. The highest BCUT2D eigenvalue weighted by atomic mass is 35.5. The first-order valence-corrected chi connectivity index (χ1v) is 6.62.